The molecule has 0 fully saturated rings. The topological polar surface area (TPSA) is 105 Å². The van der Waals surface area contributed by atoms with E-state index < -0.39 is 28.5 Å². The lowest BCUT2D eigenvalue weighted by atomic mass is 10.1. The molecule has 0 aromatic heterocycles. The van der Waals surface area contributed by atoms with Crippen molar-refractivity contribution in [1.29, 1.82) is 0 Å². The molecule has 1 atom stereocenters. The summed E-state index contributed by atoms with van der Waals surface area (Å²) in [7, 11) is -0.868. The second-order valence-electron chi connectivity index (χ2n) is 8.89. The number of carbonyl (C=O) groups is 2. The Morgan fingerprint density at radius 2 is 1.78 bits per heavy atom. The number of anilines is 1. The number of benzene rings is 2. The molecule has 2 amide bonds. The van der Waals surface area contributed by atoms with Crippen LogP contribution in [0.2, 0.25) is 0 Å². The molecule has 2 rings (SSSR count). The van der Waals surface area contributed by atoms with Gasteiger partial charge in [-0.25, -0.2) is 8.42 Å². The van der Waals surface area contributed by atoms with Gasteiger partial charge in [-0.3, -0.25) is 13.9 Å². The molecule has 0 aliphatic heterocycles. The third kappa shape index (κ3) is 8.38. The molecular formula is C27H39N3O6S. The van der Waals surface area contributed by atoms with E-state index in [-0.39, 0.29) is 18.1 Å². The fourth-order valence-electron chi connectivity index (χ4n) is 3.98. The summed E-state index contributed by atoms with van der Waals surface area (Å²) in [6.45, 7) is 5.81. The highest BCUT2D eigenvalue weighted by Gasteiger charge is 2.32. The molecule has 204 valence electrons. The maximum atomic E-state index is 13.8. The van der Waals surface area contributed by atoms with Crippen LogP contribution in [0.5, 0.6) is 11.5 Å². The van der Waals surface area contributed by atoms with Crippen LogP contribution >= 0.6 is 0 Å². The van der Waals surface area contributed by atoms with E-state index in [1.54, 1.807) is 43.5 Å². The van der Waals surface area contributed by atoms with Gasteiger partial charge in [-0.15, -0.1) is 0 Å². The van der Waals surface area contributed by atoms with Crippen molar-refractivity contribution in [1.82, 2.24) is 10.2 Å². The Balaban J connectivity index is 2.49. The molecule has 0 bridgehead atoms. The summed E-state index contributed by atoms with van der Waals surface area (Å²) in [5.41, 5.74) is 1.83. The molecule has 10 heteroatoms. The Labute approximate surface area is 220 Å². The van der Waals surface area contributed by atoms with Gasteiger partial charge in [-0.05, 0) is 55.2 Å². The summed E-state index contributed by atoms with van der Waals surface area (Å²) in [6, 6.07) is 11.6. The minimum Gasteiger partial charge on any atom is -0.497 e. The SMILES string of the molecule is CCCCNC(=O)C(CC)N(Cc1cccc(OC)c1)C(=O)CN(c1cc(C)ccc1OC)S(C)(=O)=O. The van der Waals surface area contributed by atoms with Crippen molar-refractivity contribution in [2.75, 3.05) is 37.9 Å². The number of sulfonamides is 1. The van der Waals surface area contributed by atoms with E-state index in [1.807, 2.05) is 26.8 Å². The van der Waals surface area contributed by atoms with E-state index in [1.165, 1.54) is 12.0 Å². The zero-order valence-corrected chi connectivity index (χ0v) is 23.4. The highest BCUT2D eigenvalue weighted by Crippen LogP contribution is 2.31. The molecule has 9 nitrogen and oxygen atoms in total. The van der Waals surface area contributed by atoms with Gasteiger partial charge in [0.2, 0.25) is 21.8 Å². The average Bonchev–Trinajstić information content (AvgIpc) is 2.86. The van der Waals surface area contributed by atoms with Gasteiger partial charge in [0.25, 0.3) is 0 Å². The highest BCUT2D eigenvalue weighted by atomic mass is 32.2. The van der Waals surface area contributed by atoms with Crippen molar-refractivity contribution >= 4 is 27.5 Å². The van der Waals surface area contributed by atoms with Crippen LogP contribution in [0.25, 0.3) is 0 Å². The number of unbranched alkanes of at least 4 members (excludes halogenated alkanes) is 1. The summed E-state index contributed by atoms with van der Waals surface area (Å²) < 4.78 is 37.5. The van der Waals surface area contributed by atoms with Gasteiger partial charge in [0.15, 0.2) is 0 Å². The monoisotopic (exact) mass is 533 g/mol. The number of carbonyl (C=O) groups excluding carboxylic acids is 2. The quantitative estimate of drug-likeness (QED) is 0.373. The van der Waals surface area contributed by atoms with Gasteiger partial charge in [0.1, 0.15) is 24.1 Å². The van der Waals surface area contributed by atoms with Gasteiger partial charge >= 0.3 is 0 Å². The molecule has 0 heterocycles. The maximum absolute atomic E-state index is 13.8. The molecule has 37 heavy (non-hydrogen) atoms. The number of methoxy groups -OCH3 is 2. The molecule has 1 unspecified atom stereocenters. The summed E-state index contributed by atoms with van der Waals surface area (Å²) >= 11 is 0. The molecule has 2 aromatic carbocycles. The van der Waals surface area contributed by atoms with Crippen molar-refractivity contribution in [3.05, 3.63) is 53.6 Å². The van der Waals surface area contributed by atoms with Gasteiger partial charge in [0.05, 0.1) is 26.2 Å². The lowest BCUT2D eigenvalue weighted by Gasteiger charge is -2.33. The molecule has 2 aromatic rings. The van der Waals surface area contributed by atoms with Gasteiger partial charge in [-0.2, -0.15) is 0 Å². The number of nitrogens with zero attached hydrogens (tertiary/aromatic N) is 2. The third-order valence-corrected chi connectivity index (χ3v) is 7.11. The number of ether oxygens (including phenoxy) is 2. The van der Waals surface area contributed by atoms with E-state index in [4.69, 9.17) is 9.47 Å². The normalized spacial score (nSPS) is 11.9. The molecule has 0 saturated heterocycles. The number of amides is 2. The van der Waals surface area contributed by atoms with Crippen LogP contribution in [0, 0.1) is 6.92 Å². The van der Waals surface area contributed by atoms with Gasteiger partial charge < -0.3 is 19.7 Å². The van der Waals surface area contributed by atoms with Crippen LogP contribution in [0.1, 0.15) is 44.2 Å². The van der Waals surface area contributed by atoms with E-state index in [0.717, 1.165) is 34.5 Å². The van der Waals surface area contributed by atoms with Crippen LogP contribution in [0.3, 0.4) is 0 Å². The minimum atomic E-state index is -3.86. The average molecular weight is 534 g/mol. The summed E-state index contributed by atoms with van der Waals surface area (Å²) in [6.07, 6.45) is 3.15. The van der Waals surface area contributed by atoms with E-state index in [2.05, 4.69) is 5.32 Å². The molecule has 0 aliphatic carbocycles. The van der Waals surface area contributed by atoms with Crippen molar-refractivity contribution in [3.63, 3.8) is 0 Å². The first-order valence-electron chi connectivity index (χ1n) is 12.4. The van der Waals surface area contributed by atoms with Crippen LogP contribution in [0.4, 0.5) is 5.69 Å². The van der Waals surface area contributed by atoms with E-state index >= 15 is 0 Å². The van der Waals surface area contributed by atoms with Crippen molar-refractivity contribution in [2.45, 2.75) is 52.6 Å². The van der Waals surface area contributed by atoms with Crippen LogP contribution in [-0.4, -0.2) is 64.7 Å². The molecule has 0 aliphatic rings. The predicted molar refractivity (Wildman–Crippen MR) is 145 cm³/mol. The third-order valence-electron chi connectivity index (χ3n) is 5.98. The second kappa shape index (κ2) is 13.9. The minimum absolute atomic E-state index is 0.109. The Kier molecular flexibility index (Phi) is 11.2. The zero-order chi connectivity index (χ0) is 27.6. The van der Waals surface area contributed by atoms with Crippen molar-refractivity contribution in [3.8, 4) is 11.5 Å². The van der Waals surface area contributed by atoms with E-state index in [0.29, 0.717) is 24.5 Å². The van der Waals surface area contributed by atoms with Crippen LogP contribution < -0.4 is 19.1 Å². The summed E-state index contributed by atoms with van der Waals surface area (Å²) in [5, 5.41) is 2.91. The lowest BCUT2D eigenvalue weighted by molar-refractivity contribution is -0.140. The fraction of sp³-hybridized carbons (Fsp3) is 0.481. The molecular weight excluding hydrogens is 494 g/mol. The maximum Gasteiger partial charge on any atom is 0.244 e. The Morgan fingerprint density at radius 1 is 1.05 bits per heavy atom. The number of aryl methyl sites for hydroxylation is 1. The molecule has 0 spiro atoms. The number of hydrogen-bond donors (Lipinski definition) is 1. The highest BCUT2D eigenvalue weighted by molar-refractivity contribution is 7.92. The zero-order valence-electron chi connectivity index (χ0n) is 22.6. The van der Waals surface area contributed by atoms with Gasteiger partial charge in [-0.1, -0.05) is 38.5 Å². The van der Waals surface area contributed by atoms with Crippen LogP contribution in [-0.2, 0) is 26.2 Å². The molecule has 0 radical (unpaired) electrons. The van der Waals surface area contributed by atoms with Crippen molar-refractivity contribution in [2.24, 2.45) is 0 Å². The largest absolute Gasteiger partial charge is 0.497 e. The first-order chi connectivity index (χ1) is 17.5. The molecule has 0 saturated carbocycles. The Hall–Kier alpha value is -3.27. The smallest absolute Gasteiger partial charge is 0.244 e. The van der Waals surface area contributed by atoms with Crippen molar-refractivity contribution < 1.29 is 27.5 Å². The Bertz CT molecular complexity index is 1170. The number of hydrogen-bond acceptors (Lipinski definition) is 6. The first kappa shape index (κ1) is 30.0. The van der Waals surface area contributed by atoms with Crippen LogP contribution in [0.15, 0.2) is 42.5 Å². The number of nitrogens with one attached hydrogen (secondary N) is 1. The number of rotatable bonds is 14. The second-order valence-corrected chi connectivity index (χ2v) is 10.8. The van der Waals surface area contributed by atoms with Gasteiger partial charge in [0, 0.05) is 13.1 Å². The fourth-order valence-corrected chi connectivity index (χ4v) is 4.83. The standard InChI is InChI=1S/C27H39N3O6S/c1-7-9-15-28-27(32)23(8-2)29(18-21-11-10-12-22(17-21)35-4)26(31)19-30(37(6,33)34)24-16-20(3)13-14-25(24)36-5/h10-14,16-17,23H,7-9,15,18-19H2,1-6H3,(H,28,32). The summed E-state index contributed by atoms with van der Waals surface area (Å²) in [5.74, 6) is 0.167. The first-order valence-corrected chi connectivity index (χ1v) is 14.2. The predicted octanol–water partition coefficient (Wildman–Crippen LogP) is 3.50. The lowest BCUT2D eigenvalue weighted by Crippen LogP contribution is -2.52. The summed E-state index contributed by atoms with van der Waals surface area (Å²) in [4.78, 5) is 28.4. The molecule has 1 N–H and O–H groups in total. The van der Waals surface area contributed by atoms with E-state index in [9.17, 15) is 18.0 Å². The Morgan fingerprint density at radius 3 is 2.38 bits per heavy atom.